The number of rotatable bonds is 2. The second-order valence-electron chi connectivity index (χ2n) is 4.05. The molecule has 3 rings (SSSR count). The first-order valence-electron chi connectivity index (χ1n) is 5.24. The van der Waals surface area contributed by atoms with E-state index >= 15 is 0 Å². The maximum absolute atomic E-state index is 4.23. The summed E-state index contributed by atoms with van der Waals surface area (Å²) in [6.45, 7) is 1.92. The highest BCUT2D eigenvalue weighted by atomic mass is 15.2. The Morgan fingerprint density at radius 3 is 3.14 bits per heavy atom. The Hall–Kier alpha value is -1.16. The molecule has 1 aliphatic carbocycles. The van der Waals surface area contributed by atoms with Crippen LogP contribution < -0.4 is 10.6 Å². The number of hydrogen-bond acceptors (Lipinski definition) is 4. The van der Waals surface area contributed by atoms with Crippen LogP contribution in [0.25, 0.3) is 0 Å². The summed E-state index contributed by atoms with van der Waals surface area (Å²) in [6, 6.07) is 2.81. The lowest BCUT2D eigenvalue weighted by Crippen LogP contribution is -2.25. The predicted octanol–water partition coefficient (Wildman–Crippen LogP) is 0.697. The lowest BCUT2D eigenvalue weighted by atomic mass is 10.1. The van der Waals surface area contributed by atoms with Gasteiger partial charge in [0.1, 0.15) is 5.82 Å². The van der Waals surface area contributed by atoms with E-state index in [-0.39, 0.29) is 0 Å². The van der Waals surface area contributed by atoms with E-state index in [0.29, 0.717) is 6.04 Å². The molecule has 14 heavy (non-hydrogen) atoms. The van der Waals surface area contributed by atoms with Gasteiger partial charge in [-0.25, -0.2) is 0 Å². The summed E-state index contributed by atoms with van der Waals surface area (Å²) in [7, 11) is 0. The Morgan fingerprint density at radius 1 is 1.36 bits per heavy atom. The van der Waals surface area contributed by atoms with E-state index in [0.717, 1.165) is 31.0 Å². The van der Waals surface area contributed by atoms with E-state index in [1.165, 1.54) is 18.4 Å². The molecular weight excluding hydrogens is 176 g/mol. The molecule has 1 aromatic rings. The molecule has 1 aromatic heterocycles. The lowest BCUT2D eigenvalue weighted by Gasteiger charge is -2.15. The summed E-state index contributed by atoms with van der Waals surface area (Å²) in [5, 5.41) is 15.1. The van der Waals surface area contributed by atoms with Crippen molar-refractivity contribution in [1.82, 2.24) is 15.5 Å². The van der Waals surface area contributed by atoms with Gasteiger partial charge in [0.05, 0.1) is 5.69 Å². The zero-order chi connectivity index (χ0) is 9.38. The van der Waals surface area contributed by atoms with Gasteiger partial charge in [-0.2, -0.15) is 5.10 Å². The fourth-order valence-electron chi connectivity index (χ4n) is 1.76. The molecule has 0 spiro atoms. The Morgan fingerprint density at radius 2 is 2.29 bits per heavy atom. The van der Waals surface area contributed by atoms with Crippen LogP contribution in [0.4, 0.5) is 5.82 Å². The highest BCUT2D eigenvalue weighted by Gasteiger charge is 2.22. The summed E-state index contributed by atoms with van der Waals surface area (Å²) >= 11 is 0. The molecular formula is C10H14N4. The second-order valence-corrected chi connectivity index (χ2v) is 4.05. The van der Waals surface area contributed by atoms with Crippen molar-refractivity contribution in [3.8, 4) is 0 Å². The van der Waals surface area contributed by atoms with Crippen molar-refractivity contribution in [2.24, 2.45) is 0 Å². The maximum Gasteiger partial charge on any atom is 0.149 e. The number of aromatic nitrogens is 2. The average Bonchev–Trinajstić information content (AvgIpc) is 3.02. The molecule has 0 radical (unpaired) electrons. The van der Waals surface area contributed by atoms with Gasteiger partial charge in [-0.3, -0.25) is 0 Å². The quantitative estimate of drug-likeness (QED) is 0.720. The topological polar surface area (TPSA) is 49.8 Å². The van der Waals surface area contributed by atoms with E-state index in [1.54, 1.807) is 0 Å². The van der Waals surface area contributed by atoms with E-state index < -0.39 is 0 Å². The highest BCUT2D eigenvalue weighted by Crippen LogP contribution is 2.24. The number of anilines is 1. The van der Waals surface area contributed by atoms with Crippen molar-refractivity contribution < 1.29 is 0 Å². The molecule has 2 aliphatic rings. The van der Waals surface area contributed by atoms with Crippen LogP contribution in [0.2, 0.25) is 0 Å². The first-order valence-corrected chi connectivity index (χ1v) is 5.24. The lowest BCUT2D eigenvalue weighted by molar-refractivity contribution is 0.617. The fraction of sp³-hybridized carbons (Fsp3) is 0.600. The predicted molar refractivity (Wildman–Crippen MR) is 54.1 cm³/mol. The Kier molecular flexibility index (Phi) is 1.87. The van der Waals surface area contributed by atoms with Crippen LogP contribution in [0, 0.1) is 0 Å². The summed E-state index contributed by atoms with van der Waals surface area (Å²) in [5.41, 5.74) is 2.46. The fourth-order valence-corrected chi connectivity index (χ4v) is 1.76. The number of nitrogens with zero attached hydrogens (tertiary/aromatic N) is 2. The molecule has 0 bridgehead atoms. The van der Waals surface area contributed by atoms with Gasteiger partial charge in [0.25, 0.3) is 0 Å². The first kappa shape index (κ1) is 8.17. The standard InChI is InChI=1S/C10H14N4/c1-2-8(1)12-10-5-7-3-4-11-6-9(7)13-14-10/h5,8,11H,1-4,6H2,(H,12,14). The molecule has 0 aromatic carbocycles. The van der Waals surface area contributed by atoms with Gasteiger partial charge < -0.3 is 10.6 Å². The van der Waals surface area contributed by atoms with Gasteiger partial charge >= 0.3 is 0 Å². The molecule has 2 N–H and O–H groups in total. The van der Waals surface area contributed by atoms with Gasteiger partial charge in [0.15, 0.2) is 0 Å². The summed E-state index contributed by atoms with van der Waals surface area (Å²) in [4.78, 5) is 0. The Labute approximate surface area is 83.1 Å². The van der Waals surface area contributed by atoms with Crippen molar-refractivity contribution >= 4 is 5.82 Å². The first-order chi connectivity index (χ1) is 6.92. The molecule has 0 unspecified atom stereocenters. The van der Waals surface area contributed by atoms with Crippen LogP contribution >= 0.6 is 0 Å². The van der Waals surface area contributed by atoms with Crippen molar-refractivity contribution in [2.45, 2.75) is 31.8 Å². The van der Waals surface area contributed by atoms with Crippen molar-refractivity contribution in [3.05, 3.63) is 17.3 Å². The molecule has 74 valence electrons. The van der Waals surface area contributed by atoms with Crippen molar-refractivity contribution in [3.63, 3.8) is 0 Å². The van der Waals surface area contributed by atoms with Gasteiger partial charge in [-0.05, 0) is 37.4 Å². The van der Waals surface area contributed by atoms with E-state index in [1.807, 2.05) is 0 Å². The molecule has 4 heteroatoms. The van der Waals surface area contributed by atoms with Crippen LogP contribution in [-0.2, 0) is 13.0 Å². The van der Waals surface area contributed by atoms with Crippen molar-refractivity contribution in [2.75, 3.05) is 11.9 Å². The zero-order valence-electron chi connectivity index (χ0n) is 8.08. The molecule has 4 nitrogen and oxygen atoms in total. The third-order valence-electron chi connectivity index (χ3n) is 2.75. The van der Waals surface area contributed by atoms with Crippen LogP contribution in [0.1, 0.15) is 24.1 Å². The number of hydrogen-bond donors (Lipinski definition) is 2. The van der Waals surface area contributed by atoms with Crippen LogP contribution in [0.3, 0.4) is 0 Å². The van der Waals surface area contributed by atoms with E-state index in [4.69, 9.17) is 0 Å². The molecule has 1 fully saturated rings. The summed E-state index contributed by atoms with van der Waals surface area (Å²) in [5.74, 6) is 0.952. The Balaban J connectivity index is 1.84. The summed E-state index contributed by atoms with van der Waals surface area (Å²) < 4.78 is 0. The minimum absolute atomic E-state index is 0.657. The zero-order valence-corrected chi connectivity index (χ0v) is 8.08. The molecule has 2 heterocycles. The van der Waals surface area contributed by atoms with Crippen LogP contribution in [0.5, 0.6) is 0 Å². The second kappa shape index (κ2) is 3.20. The highest BCUT2D eigenvalue weighted by molar-refractivity contribution is 5.40. The monoisotopic (exact) mass is 190 g/mol. The average molecular weight is 190 g/mol. The van der Waals surface area contributed by atoms with Gasteiger partial charge in [0.2, 0.25) is 0 Å². The molecule has 0 saturated heterocycles. The number of fused-ring (bicyclic) bond motifs is 1. The molecule has 1 aliphatic heterocycles. The number of nitrogens with one attached hydrogen (secondary N) is 2. The minimum Gasteiger partial charge on any atom is -0.366 e. The normalized spacial score (nSPS) is 20.3. The largest absolute Gasteiger partial charge is 0.366 e. The third kappa shape index (κ3) is 1.57. The summed E-state index contributed by atoms with van der Waals surface area (Å²) in [6.07, 6.45) is 3.63. The maximum atomic E-state index is 4.23. The molecule has 0 amide bonds. The van der Waals surface area contributed by atoms with E-state index in [9.17, 15) is 0 Å². The van der Waals surface area contributed by atoms with Gasteiger partial charge in [0, 0.05) is 12.6 Å². The smallest absolute Gasteiger partial charge is 0.149 e. The van der Waals surface area contributed by atoms with Gasteiger partial charge in [-0.15, -0.1) is 5.10 Å². The Bertz CT molecular complexity index is 346. The molecule has 0 atom stereocenters. The van der Waals surface area contributed by atoms with E-state index in [2.05, 4.69) is 26.9 Å². The van der Waals surface area contributed by atoms with Crippen LogP contribution in [-0.4, -0.2) is 22.8 Å². The third-order valence-corrected chi connectivity index (χ3v) is 2.75. The van der Waals surface area contributed by atoms with Crippen LogP contribution in [0.15, 0.2) is 6.07 Å². The van der Waals surface area contributed by atoms with Gasteiger partial charge in [-0.1, -0.05) is 0 Å². The van der Waals surface area contributed by atoms with Crippen molar-refractivity contribution in [1.29, 1.82) is 0 Å². The minimum atomic E-state index is 0.657. The molecule has 1 saturated carbocycles. The SMILES string of the molecule is c1c(NC2CC2)nnc2c1CCNC2.